The molecule has 0 aliphatic heterocycles. The molecule has 0 unspecified atom stereocenters. The van der Waals surface area contributed by atoms with E-state index >= 15 is 0 Å². The number of aromatic nitrogens is 1. The maximum Gasteiger partial charge on any atom is 0.198 e. The Bertz CT molecular complexity index is 246. The van der Waals surface area contributed by atoms with E-state index in [0.717, 1.165) is 16.3 Å². The van der Waals surface area contributed by atoms with Crippen molar-refractivity contribution in [3.05, 3.63) is 16.3 Å². The fourth-order valence-electron chi connectivity index (χ4n) is 1.23. The van der Waals surface area contributed by atoms with Crippen molar-refractivity contribution >= 4 is 15.9 Å². The average Bonchev–Trinajstić information content (AvgIpc) is 2.08. The second-order valence-corrected chi connectivity index (χ2v) is 3.78. The van der Waals surface area contributed by atoms with Crippen LogP contribution in [0, 0.1) is 6.92 Å². The number of hydrogen-bond donors (Lipinski definition) is 0. The Morgan fingerprint density at radius 2 is 2.27 bits per heavy atom. The summed E-state index contributed by atoms with van der Waals surface area (Å²) < 4.78 is 6.32. The monoisotopic (exact) mass is 215 g/mol. The summed E-state index contributed by atoms with van der Waals surface area (Å²) in [6.07, 6.45) is 3.81. The minimum atomic E-state index is 0.597. The van der Waals surface area contributed by atoms with Crippen LogP contribution in [-0.4, -0.2) is 4.98 Å². The molecular weight excluding hydrogens is 206 g/mol. The molecule has 0 atom stereocenters. The molecule has 0 bridgehead atoms. The molecule has 0 aromatic carbocycles. The first kappa shape index (κ1) is 7.35. The average molecular weight is 216 g/mol. The third kappa shape index (κ3) is 1.22. The van der Waals surface area contributed by atoms with Crippen LogP contribution >= 0.6 is 15.9 Å². The molecule has 2 nitrogen and oxygen atoms in total. The van der Waals surface area contributed by atoms with Crippen LogP contribution in [0.15, 0.2) is 9.02 Å². The third-order valence-corrected chi connectivity index (χ3v) is 2.95. The van der Waals surface area contributed by atoms with Gasteiger partial charge in [0.05, 0.1) is 0 Å². The van der Waals surface area contributed by atoms with Crippen molar-refractivity contribution in [2.75, 3.05) is 0 Å². The molecule has 60 valence electrons. The number of hydrogen-bond acceptors (Lipinski definition) is 2. The topological polar surface area (TPSA) is 26.0 Å². The minimum Gasteiger partial charge on any atom is -0.444 e. The fraction of sp³-hybridized carbons (Fsp3) is 0.625. The van der Waals surface area contributed by atoms with Gasteiger partial charge in [-0.2, -0.15) is 0 Å². The van der Waals surface area contributed by atoms with Gasteiger partial charge in [0.1, 0.15) is 10.4 Å². The molecule has 3 heteroatoms. The van der Waals surface area contributed by atoms with Crippen LogP contribution in [0.3, 0.4) is 0 Å². The lowest BCUT2D eigenvalue weighted by molar-refractivity contribution is 0.329. The van der Waals surface area contributed by atoms with E-state index in [-0.39, 0.29) is 0 Å². The molecule has 11 heavy (non-hydrogen) atoms. The zero-order valence-corrected chi connectivity index (χ0v) is 8.02. The highest BCUT2D eigenvalue weighted by molar-refractivity contribution is 9.10. The molecule has 0 saturated heterocycles. The summed E-state index contributed by atoms with van der Waals surface area (Å²) in [7, 11) is 0. The summed E-state index contributed by atoms with van der Waals surface area (Å²) in [4.78, 5) is 4.28. The molecule has 1 saturated carbocycles. The van der Waals surface area contributed by atoms with Gasteiger partial charge in [-0.1, -0.05) is 6.42 Å². The fourth-order valence-corrected chi connectivity index (χ4v) is 1.48. The second kappa shape index (κ2) is 2.63. The van der Waals surface area contributed by atoms with Crippen LogP contribution in [0.4, 0.5) is 0 Å². The van der Waals surface area contributed by atoms with E-state index in [1.165, 1.54) is 19.3 Å². The van der Waals surface area contributed by atoms with Crippen molar-refractivity contribution in [1.29, 1.82) is 0 Å². The van der Waals surface area contributed by atoms with Gasteiger partial charge in [-0.15, -0.1) is 0 Å². The molecule has 0 amide bonds. The van der Waals surface area contributed by atoms with Crippen molar-refractivity contribution in [3.63, 3.8) is 0 Å². The quantitative estimate of drug-likeness (QED) is 0.721. The molecule has 0 spiro atoms. The smallest absolute Gasteiger partial charge is 0.198 e. The summed E-state index contributed by atoms with van der Waals surface area (Å²) in [5.74, 6) is 2.41. The van der Waals surface area contributed by atoms with Crippen molar-refractivity contribution in [1.82, 2.24) is 4.98 Å². The predicted molar refractivity (Wildman–Crippen MR) is 45.5 cm³/mol. The Morgan fingerprint density at radius 3 is 2.64 bits per heavy atom. The summed E-state index contributed by atoms with van der Waals surface area (Å²) in [6, 6.07) is 0. The van der Waals surface area contributed by atoms with Crippen molar-refractivity contribution in [2.24, 2.45) is 0 Å². The van der Waals surface area contributed by atoms with E-state index in [2.05, 4.69) is 20.9 Å². The lowest BCUT2D eigenvalue weighted by Crippen LogP contribution is -2.08. The molecule has 1 heterocycles. The van der Waals surface area contributed by atoms with E-state index in [1.807, 2.05) is 6.92 Å². The van der Waals surface area contributed by atoms with Crippen molar-refractivity contribution in [2.45, 2.75) is 32.1 Å². The number of rotatable bonds is 1. The Balaban J connectivity index is 2.24. The molecule has 1 aromatic rings. The summed E-state index contributed by atoms with van der Waals surface area (Å²) in [6.45, 7) is 1.93. The van der Waals surface area contributed by atoms with Gasteiger partial charge in [0.15, 0.2) is 5.89 Å². The molecular formula is C8H10BrNO. The van der Waals surface area contributed by atoms with Gasteiger partial charge in [-0.3, -0.25) is 0 Å². The Hall–Kier alpha value is -0.310. The second-order valence-electron chi connectivity index (χ2n) is 3.03. The predicted octanol–water partition coefficient (Wildman–Crippen LogP) is 3.01. The van der Waals surface area contributed by atoms with Crippen LogP contribution in [-0.2, 0) is 0 Å². The maximum absolute atomic E-state index is 5.46. The number of oxazole rings is 1. The Labute approximate surface area is 74.1 Å². The number of aryl methyl sites for hydroxylation is 1. The highest BCUT2D eigenvalue weighted by atomic mass is 79.9. The maximum atomic E-state index is 5.46. The van der Waals surface area contributed by atoms with Gasteiger partial charge in [-0.25, -0.2) is 4.98 Å². The van der Waals surface area contributed by atoms with E-state index < -0.39 is 0 Å². The zero-order chi connectivity index (χ0) is 7.84. The SMILES string of the molecule is Cc1oc(C2CCC2)nc1Br. The molecule has 1 fully saturated rings. The molecule has 1 aromatic heterocycles. The van der Waals surface area contributed by atoms with Crippen LogP contribution in [0.1, 0.15) is 36.8 Å². The Kier molecular flexibility index (Phi) is 1.75. The first-order chi connectivity index (χ1) is 5.27. The Morgan fingerprint density at radius 1 is 1.55 bits per heavy atom. The number of nitrogens with zero attached hydrogens (tertiary/aromatic N) is 1. The van der Waals surface area contributed by atoms with Crippen molar-refractivity contribution < 1.29 is 4.42 Å². The van der Waals surface area contributed by atoms with Gasteiger partial charge in [0.25, 0.3) is 0 Å². The summed E-state index contributed by atoms with van der Waals surface area (Å²) >= 11 is 3.33. The van der Waals surface area contributed by atoms with Crippen LogP contribution in [0.2, 0.25) is 0 Å². The molecule has 1 aliphatic rings. The molecule has 0 radical (unpaired) electrons. The van der Waals surface area contributed by atoms with E-state index in [9.17, 15) is 0 Å². The minimum absolute atomic E-state index is 0.597. The van der Waals surface area contributed by atoms with E-state index in [4.69, 9.17) is 4.42 Å². The van der Waals surface area contributed by atoms with Crippen molar-refractivity contribution in [3.8, 4) is 0 Å². The van der Waals surface area contributed by atoms with Crippen LogP contribution < -0.4 is 0 Å². The number of halogens is 1. The summed E-state index contributed by atoms with van der Waals surface area (Å²) in [5, 5.41) is 0. The lowest BCUT2D eigenvalue weighted by atomic mass is 9.85. The largest absolute Gasteiger partial charge is 0.444 e. The summed E-state index contributed by atoms with van der Waals surface area (Å²) in [5.41, 5.74) is 0. The zero-order valence-electron chi connectivity index (χ0n) is 6.43. The first-order valence-corrected chi connectivity index (χ1v) is 4.69. The van der Waals surface area contributed by atoms with Gasteiger partial charge in [0.2, 0.25) is 0 Å². The lowest BCUT2D eigenvalue weighted by Gasteiger charge is -2.21. The molecule has 2 rings (SSSR count). The third-order valence-electron chi connectivity index (χ3n) is 2.21. The van der Waals surface area contributed by atoms with Gasteiger partial charge < -0.3 is 4.42 Å². The standard InChI is InChI=1S/C8H10BrNO/c1-5-7(9)10-8(11-5)6-3-2-4-6/h6H,2-4H2,1H3. The molecule has 0 N–H and O–H groups in total. The normalized spacial score (nSPS) is 18.4. The highest BCUT2D eigenvalue weighted by Gasteiger charge is 2.24. The highest BCUT2D eigenvalue weighted by Crippen LogP contribution is 2.37. The molecule has 1 aliphatic carbocycles. The van der Waals surface area contributed by atoms with Gasteiger partial charge in [-0.05, 0) is 35.7 Å². The van der Waals surface area contributed by atoms with E-state index in [0.29, 0.717) is 5.92 Å². The van der Waals surface area contributed by atoms with E-state index in [1.54, 1.807) is 0 Å². The van der Waals surface area contributed by atoms with Gasteiger partial charge >= 0.3 is 0 Å². The van der Waals surface area contributed by atoms with Gasteiger partial charge in [0, 0.05) is 5.92 Å². The van der Waals surface area contributed by atoms with Crippen LogP contribution in [0.5, 0.6) is 0 Å². The van der Waals surface area contributed by atoms with Crippen LogP contribution in [0.25, 0.3) is 0 Å². The first-order valence-electron chi connectivity index (χ1n) is 3.90.